The molecule has 0 atom stereocenters. The highest BCUT2D eigenvalue weighted by molar-refractivity contribution is 5.89. The number of anilines is 2. The quantitative estimate of drug-likeness (QED) is 0.903. The van der Waals surface area contributed by atoms with Gasteiger partial charge in [-0.2, -0.15) is 0 Å². The molecule has 2 N–H and O–H groups in total. The predicted molar refractivity (Wildman–Crippen MR) is 70.3 cm³/mol. The number of rotatable bonds is 3. The number of nitrogens with one attached hydrogen (secondary N) is 1. The van der Waals surface area contributed by atoms with E-state index in [1.165, 1.54) is 26.0 Å². The number of aromatic carboxylic acids is 1. The molecule has 20 heavy (non-hydrogen) atoms. The number of hydrogen-bond donors (Lipinski definition) is 2. The van der Waals surface area contributed by atoms with Crippen LogP contribution in [0.3, 0.4) is 0 Å². The van der Waals surface area contributed by atoms with Crippen LogP contribution in [0, 0.1) is 25.5 Å². The lowest BCUT2D eigenvalue weighted by atomic mass is 10.2. The molecule has 2 rings (SSSR count). The fourth-order valence-corrected chi connectivity index (χ4v) is 1.74. The van der Waals surface area contributed by atoms with Gasteiger partial charge in [-0.15, -0.1) is 0 Å². The highest BCUT2D eigenvalue weighted by Gasteiger charge is 2.11. The van der Waals surface area contributed by atoms with E-state index in [0.717, 1.165) is 12.1 Å². The molecule has 0 saturated heterocycles. The molecule has 0 saturated carbocycles. The van der Waals surface area contributed by atoms with Gasteiger partial charge in [-0.3, -0.25) is 0 Å². The number of nitrogens with zero attached hydrogens (tertiary/aromatic N) is 1. The normalized spacial score (nSPS) is 10.4. The van der Waals surface area contributed by atoms with Gasteiger partial charge in [0.1, 0.15) is 17.5 Å². The van der Waals surface area contributed by atoms with Gasteiger partial charge in [-0.25, -0.2) is 18.6 Å². The molecule has 0 amide bonds. The highest BCUT2D eigenvalue weighted by atomic mass is 19.1. The summed E-state index contributed by atoms with van der Waals surface area (Å²) in [5, 5.41) is 11.5. The summed E-state index contributed by atoms with van der Waals surface area (Å²) < 4.78 is 27.1. The molecule has 4 nitrogen and oxygen atoms in total. The van der Waals surface area contributed by atoms with Gasteiger partial charge in [-0.05, 0) is 37.6 Å². The Hall–Kier alpha value is -2.50. The van der Waals surface area contributed by atoms with Crippen molar-refractivity contribution in [1.82, 2.24) is 4.98 Å². The Morgan fingerprint density at radius 1 is 1.20 bits per heavy atom. The summed E-state index contributed by atoms with van der Waals surface area (Å²) in [7, 11) is 0. The van der Waals surface area contributed by atoms with Crippen LogP contribution >= 0.6 is 0 Å². The minimum Gasteiger partial charge on any atom is -0.478 e. The summed E-state index contributed by atoms with van der Waals surface area (Å²) in [5.41, 5.74) is 0.503. The minimum atomic E-state index is -1.09. The number of halogens is 2. The highest BCUT2D eigenvalue weighted by Crippen LogP contribution is 2.22. The average Bonchev–Trinajstić information content (AvgIpc) is 2.35. The maximum Gasteiger partial charge on any atom is 0.337 e. The number of carbonyl (C=O) groups is 1. The number of benzene rings is 1. The van der Waals surface area contributed by atoms with E-state index in [-0.39, 0.29) is 28.3 Å². The molecule has 0 spiro atoms. The summed E-state index contributed by atoms with van der Waals surface area (Å²) in [6.07, 6.45) is 0. The molecule has 0 radical (unpaired) electrons. The summed E-state index contributed by atoms with van der Waals surface area (Å²) in [4.78, 5) is 14.9. The molecule has 1 aromatic carbocycles. The monoisotopic (exact) mass is 278 g/mol. The molecular weight excluding hydrogens is 266 g/mol. The Balaban J connectivity index is 2.33. The SMILES string of the molecule is Cc1cc(F)c(Nc2ccc(C(=O)O)c(C)n2)cc1F. The first-order valence-electron chi connectivity index (χ1n) is 5.82. The molecule has 0 aliphatic rings. The van der Waals surface area contributed by atoms with Crippen molar-refractivity contribution >= 4 is 17.5 Å². The third-order valence-electron chi connectivity index (χ3n) is 2.83. The van der Waals surface area contributed by atoms with Gasteiger partial charge >= 0.3 is 5.97 Å². The second kappa shape index (κ2) is 5.24. The minimum absolute atomic E-state index is 0.0527. The van der Waals surface area contributed by atoms with Crippen LogP contribution in [0.2, 0.25) is 0 Å². The van der Waals surface area contributed by atoms with Gasteiger partial charge in [-0.1, -0.05) is 0 Å². The summed E-state index contributed by atoms with van der Waals surface area (Å²) >= 11 is 0. The van der Waals surface area contributed by atoms with Gasteiger partial charge < -0.3 is 10.4 Å². The molecular formula is C14H12F2N2O2. The maximum absolute atomic E-state index is 13.7. The van der Waals surface area contributed by atoms with Crippen LogP contribution in [0.15, 0.2) is 24.3 Å². The van der Waals surface area contributed by atoms with Crippen molar-refractivity contribution in [3.05, 3.63) is 52.7 Å². The van der Waals surface area contributed by atoms with E-state index in [1.54, 1.807) is 0 Å². The van der Waals surface area contributed by atoms with Gasteiger partial charge in [0, 0.05) is 6.07 Å². The molecule has 1 heterocycles. The molecule has 104 valence electrons. The van der Waals surface area contributed by atoms with Crippen molar-refractivity contribution in [3.63, 3.8) is 0 Å². The summed E-state index contributed by atoms with van der Waals surface area (Å²) in [6.45, 7) is 2.99. The lowest BCUT2D eigenvalue weighted by molar-refractivity contribution is 0.0695. The van der Waals surface area contributed by atoms with Crippen LogP contribution in [0.25, 0.3) is 0 Å². The first kappa shape index (κ1) is 13.9. The Bertz CT molecular complexity index is 687. The van der Waals surface area contributed by atoms with Crippen LogP contribution in [0.1, 0.15) is 21.6 Å². The number of aryl methyl sites for hydroxylation is 2. The van der Waals surface area contributed by atoms with E-state index in [1.807, 2.05) is 0 Å². The van der Waals surface area contributed by atoms with Crippen LogP contribution < -0.4 is 5.32 Å². The zero-order valence-corrected chi connectivity index (χ0v) is 10.9. The Labute approximate surface area is 114 Å². The summed E-state index contributed by atoms with van der Waals surface area (Å²) in [5.74, 6) is -1.98. The van der Waals surface area contributed by atoms with Crippen LogP contribution in [-0.4, -0.2) is 16.1 Å². The number of hydrogen-bond acceptors (Lipinski definition) is 3. The first-order chi connectivity index (χ1) is 9.38. The van der Waals surface area contributed by atoms with E-state index in [2.05, 4.69) is 10.3 Å². The number of pyridine rings is 1. The maximum atomic E-state index is 13.7. The second-order valence-electron chi connectivity index (χ2n) is 4.34. The van der Waals surface area contributed by atoms with Crippen LogP contribution in [-0.2, 0) is 0 Å². The zero-order chi connectivity index (χ0) is 14.9. The fraction of sp³-hybridized carbons (Fsp3) is 0.143. The lowest BCUT2D eigenvalue weighted by Gasteiger charge is -2.09. The van der Waals surface area contributed by atoms with E-state index in [0.29, 0.717) is 0 Å². The van der Waals surface area contributed by atoms with Gasteiger partial charge in [0.2, 0.25) is 0 Å². The van der Waals surface area contributed by atoms with Crippen LogP contribution in [0.5, 0.6) is 0 Å². The van der Waals surface area contributed by atoms with Crippen molar-refractivity contribution in [2.24, 2.45) is 0 Å². The van der Waals surface area contributed by atoms with E-state index >= 15 is 0 Å². The van der Waals surface area contributed by atoms with Gasteiger partial charge in [0.15, 0.2) is 0 Å². The first-order valence-corrected chi connectivity index (χ1v) is 5.82. The van der Waals surface area contributed by atoms with Crippen molar-refractivity contribution in [2.75, 3.05) is 5.32 Å². The molecule has 0 unspecified atom stereocenters. The third-order valence-corrected chi connectivity index (χ3v) is 2.83. The third kappa shape index (κ3) is 2.74. The molecule has 6 heteroatoms. The molecule has 2 aromatic rings. The number of carboxylic acid groups (broad SMARTS) is 1. The number of carboxylic acids is 1. The van der Waals surface area contributed by atoms with Gasteiger partial charge in [0.05, 0.1) is 16.9 Å². The molecule has 0 bridgehead atoms. The fourth-order valence-electron chi connectivity index (χ4n) is 1.74. The second-order valence-corrected chi connectivity index (χ2v) is 4.34. The van der Waals surface area contributed by atoms with E-state index in [9.17, 15) is 13.6 Å². The predicted octanol–water partition coefficient (Wildman–Crippen LogP) is 3.42. The topological polar surface area (TPSA) is 62.2 Å². The largest absolute Gasteiger partial charge is 0.478 e. The van der Waals surface area contributed by atoms with Crippen molar-refractivity contribution in [1.29, 1.82) is 0 Å². The van der Waals surface area contributed by atoms with Crippen molar-refractivity contribution in [2.45, 2.75) is 13.8 Å². The van der Waals surface area contributed by atoms with E-state index in [4.69, 9.17) is 5.11 Å². The molecule has 1 aromatic heterocycles. The average molecular weight is 278 g/mol. The van der Waals surface area contributed by atoms with Gasteiger partial charge in [0.25, 0.3) is 0 Å². The smallest absolute Gasteiger partial charge is 0.337 e. The Kier molecular flexibility index (Phi) is 3.65. The Morgan fingerprint density at radius 3 is 2.50 bits per heavy atom. The van der Waals surface area contributed by atoms with Crippen molar-refractivity contribution in [3.8, 4) is 0 Å². The van der Waals surface area contributed by atoms with E-state index < -0.39 is 17.6 Å². The summed E-state index contributed by atoms with van der Waals surface area (Å²) in [6, 6.07) is 4.87. The standard InChI is InChI=1S/C14H12F2N2O2/c1-7-5-11(16)12(6-10(7)15)18-13-4-3-9(14(19)20)8(2)17-13/h3-6H,1-2H3,(H,17,18)(H,19,20). The molecule has 0 fully saturated rings. The lowest BCUT2D eigenvalue weighted by Crippen LogP contribution is -2.04. The Morgan fingerprint density at radius 2 is 1.90 bits per heavy atom. The number of aromatic nitrogens is 1. The van der Waals surface area contributed by atoms with Crippen molar-refractivity contribution < 1.29 is 18.7 Å². The van der Waals surface area contributed by atoms with Crippen LogP contribution in [0.4, 0.5) is 20.3 Å². The zero-order valence-electron chi connectivity index (χ0n) is 10.9. The molecule has 0 aliphatic heterocycles. The molecule has 0 aliphatic carbocycles.